The van der Waals surface area contributed by atoms with Crippen molar-refractivity contribution >= 4 is 11.7 Å². The Labute approximate surface area is 135 Å². The average molecular weight is 314 g/mol. The fraction of sp³-hybridized carbons (Fsp3) is 0.412. The number of carbonyl (C=O) groups excluding carboxylic acids is 1. The molecule has 0 saturated heterocycles. The molecule has 0 bridgehead atoms. The van der Waals surface area contributed by atoms with Gasteiger partial charge in [-0.1, -0.05) is 12.1 Å². The Hall–Kier alpha value is -2.34. The van der Waals surface area contributed by atoms with E-state index in [4.69, 9.17) is 0 Å². The normalized spacial score (nSPS) is 20.9. The van der Waals surface area contributed by atoms with Crippen LogP contribution in [0.3, 0.4) is 0 Å². The molecule has 0 atom stereocenters. The van der Waals surface area contributed by atoms with Crippen molar-refractivity contribution in [3.63, 3.8) is 0 Å². The van der Waals surface area contributed by atoms with E-state index in [-0.39, 0.29) is 18.2 Å². The number of benzene rings is 1. The predicted molar refractivity (Wildman–Crippen MR) is 88.2 cm³/mol. The number of nitrogens with zero attached hydrogens (tertiary/aromatic N) is 2. The van der Waals surface area contributed by atoms with E-state index < -0.39 is 0 Å². The fourth-order valence-electron chi connectivity index (χ4n) is 2.90. The zero-order chi connectivity index (χ0) is 16.1. The number of carbonyl (C=O) groups is 1. The van der Waals surface area contributed by atoms with Gasteiger partial charge >= 0.3 is 6.03 Å². The number of aromatic nitrogens is 2. The molecule has 1 aliphatic rings. The van der Waals surface area contributed by atoms with E-state index in [1.165, 1.54) is 0 Å². The van der Waals surface area contributed by atoms with Crippen LogP contribution in [-0.2, 0) is 6.54 Å². The Morgan fingerprint density at radius 3 is 2.83 bits per heavy atom. The summed E-state index contributed by atoms with van der Waals surface area (Å²) in [5.41, 5.74) is 1.84. The molecule has 2 aromatic rings. The molecule has 3 N–H and O–H groups in total. The van der Waals surface area contributed by atoms with Gasteiger partial charge in [0.1, 0.15) is 0 Å². The summed E-state index contributed by atoms with van der Waals surface area (Å²) in [4.78, 5) is 12.1. The number of amides is 2. The fourth-order valence-corrected chi connectivity index (χ4v) is 2.90. The standard InChI is InChI=1S/C17H22N4O2/c22-16-7-5-14(6-8-16)19-17(23)20-15-4-1-3-13(11-15)12-21-10-2-9-18-21/h1-4,9-11,14,16,22H,5-8,12H2,(H2,19,20,23). The summed E-state index contributed by atoms with van der Waals surface area (Å²) in [5, 5.41) is 19.5. The molecule has 6 nitrogen and oxygen atoms in total. The highest BCUT2D eigenvalue weighted by molar-refractivity contribution is 5.89. The summed E-state index contributed by atoms with van der Waals surface area (Å²) in [6.45, 7) is 0.671. The summed E-state index contributed by atoms with van der Waals surface area (Å²) in [5.74, 6) is 0. The van der Waals surface area contributed by atoms with Crippen molar-refractivity contribution in [1.29, 1.82) is 0 Å². The van der Waals surface area contributed by atoms with Crippen LogP contribution in [0.2, 0.25) is 0 Å². The minimum Gasteiger partial charge on any atom is -0.393 e. The smallest absolute Gasteiger partial charge is 0.319 e. The number of hydrogen-bond donors (Lipinski definition) is 3. The van der Waals surface area contributed by atoms with Crippen molar-refractivity contribution < 1.29 is 9.90 Å². The van der Waals surface area contributed by atoms with Gasteiger partial charge < -0.3 is 15.7 Å². The van der Waals surface area contributed by atoms with Crippen LogP contribution in [0.1, 0.15) is 31.2 Å². The van der Waals surface area contributed by atoms with Crippen LogP contribution in [0.25, 0.3) is 0 Å². The molecular weight excluding hydrogens is 292 g/mol. The second-order valence-corrected chi connectivity index (χ2v) is 6.01. The van der Waals surface area contributed by atoms with Crippen molar-refractivity contribution in [1.82, 2.24) is 15.1 Å². The first-order valence-corrected chi connectivity index (χ1v) is 8.01. The monoisotopic (exact) mass is 314 g/mol. The molecule has 1 heterocycles. The van der Waals surface area contributed by atoms with E-state index in [1.54, 1.807) is 6.20 Å². The number of anilines is 1. The number of rotatable bonds is 4. The Kier molecular flexibility index (Phi) is 4.92. The van der Waals surface area contributed by atoms with Gasteiger partial charge in [0, 0.05) is 24.1 Å². The van der Waals surface area contributed by atoms with Gasteiger partial charge in [0.05, 0.1) is 12.6 Å². The molecule has 6 heteroatoms. The van der Waals surface area contributed by atoms with Gasteiger partial charge in [0.2, 0.25) is 0 Å². The third-order valence-corrected chi connectivity index (χ3v) is 4.12. The number of aliphatic hydroxyl groups excluding tert-OH is 1. The van der Waals surface area contributed by atoms with Crippen LogP contribution in [-0.4, -0.2) is 33.1 Å². The molecule has 1 aliphatic carbocycles. The van der Waals surface area contributed by atoms with Crippen LogP contribution in [0.5, 0.6) is 0 Å². The van der Waals surface area contributed by atoms with Gasteiger partial charge in [-0.2, -0.15) is 5.10 Å². The highest BCUT2D eigenvalue weighted by Crippen LogP contribution is 2.18. The number of aliphatic hydroxyl groups is 1. The summed E-state index contributed by atoms with van der Waals surface area (Å²) in [6.07, 6.45) is 6.60. The first-order chi connectivity index (χ1) is 11.2. The van der Waals surface area contributed by atoms with E-state index in [2.05, 4.69) is 15.7 Å². The van der Waals surface area contributed by atoms with Gasteiger partial charge in [-0.05, 0) is 49.4 Å². The zero-order valence-electron chi connectivity index (χ0n) is 13.0. The number of urea groups is 1. The molecule has 1 aromatic carbocycles. The Bertz CT molecular complexity index is 634. The highest BCUT2D eigenvalue weighted by atomic mass is 16.3. The average Bonchev–Trinajstić information content (AvgIpc) is 3.03. The minimum atomic E-state index is -0.213. The maximum Gasteiger partial charge on any atom is 0.319 e. The largest absolute Gasteiger partial charge is 0.393 e. The SMILES string of the molecule is O=C(Nc1cccc(Cn2cccn2)c1)NC1CCC(O)CC1. The molecular formula is C17H22N4O2. The van der Waals surface area contributed by atoms with E-state index in [0.29, 0.717) is 6.54 Å². The summed E-state index contributed by atoms with van der Waals surface area (Å²) in [7, 11) is 0. The quantitative estimate of drug-likeness (QED) is 0.810. The molecule has 1 fully saturated rings. The minimum absolute atomic E-state index is 0.144. The zero-order valence-corrected chi connectivity index (χ0v) is 13.0. The van der Waals surface area contributed by atoms with E-state index >= 15 is 0 Å². The topological polar surface area (TPSA) is 79.2 Å². The lowest BCUT2D eigenvalue weighted by atomic mass is 9.93. The second-order valence-electron chi connectivity index (χ2n) is 6.01. The molecule has 0 aliphatic heterocycles. The Morgan fingerprint density at radius 1 is 1.26 bits per heavy atom. The molecule has 1 aromatic heterocycles. The third-order valence-electron chi connectivity index (χ3n) is 4.12. The summed E-state index contributed by atoms with van der Waals surface area (Å²) in [6, 6.07) is 9.59. The van der Waals surface area contributed by atoms with Gasteiger partial charge in [0.15, 0.2) is 0 Å². The van der Waals surface area contributed by atoms with E-state index in [1.807, 2.05) is 41.2 Å². The Morgan fingerprint density at radius 2 is 2.09 bits per heavy atom. The van der Waals surface area contributed by atoms with E-state index in [0.717, 1.165) is 36.9 Å². The molecule has 0 spiro atoms. The third kappa shape index (κ3) is 4.56. The predicted octanol–water partition coefficient (Wildman–Crippen LogP) is 2.36. The van der Waals surface area contributed by atoms with Crippen molar-refractivity contribution in [2.45, 2.75) is 44.4 Å². The molecule has 3 rings (SSSR count). The molecule has 23 heavy (non-hydrogen) atoms. The van der Waals surface area contributed by atoms with Crippen molar-refractivity contribution in [2.75, 3.05) is 5.32 Å². The lowest BCUT2D eigenvalue weighted by Crippen LogP contribution is -2.40. The van der Waals surface area contributed by atoms with Crippen molar-refractivity contribution in [3.05, 3.63) is 48.3 Å². The molecule has 0 radical (unpaired) electrons. The second kappa shape index (κ2) is 7.28. The maximum atomic E-state index is 12.1. The van der Waals surface area contributed by atoms with Gasteiger partial charge in [-0.15, -0.1) is 0 Å². The summed E-state index contributed by atoms with van der Waals surface area (Å²) >= 11 is 0. The van der Waals surface area contributed by atoms with Crippen LogP contribution >= 0.6 is 0 Å². The number of nitrogens with one attached hydrogen (secondary N) is 2. The maximum absolute atomic E-state index is 12.1. The van der Waals surface area contributed by atoms with Gasteiger partial charge in [0.25, 0.3) is 0 Å². The molecule has 122 valence electrons. The van der Waals surface area contributed by atoms with Crippen molar-refractivity contribution in [2.24, 2.45) is 0 Å². The highest BCUT2D eigenvalue weighted by Gasteiger charge is 2.20. The lowest BCUT2D eigenvalue weighted by molar-refractivity contribution is 0.118. The van der Waals surface area contributed by atoms with Gasteiger partial charge in [-0.3, -0.25) is 4.68 Å². The van der Waals surface area contributed by atoms with Crippen LogP contribution < -0.4 is 10.6 Å². The first kappa shape index (κ1) is 15.6. The Balaban J connectivity index is 1.54. The van der Waals surface area contributed by atoms with Crippen LogP contribution in [0, 0.1) is 0 Å². The lowest BCUT2D eigenvalue weighted by Gasteiger charge is -2.26. The van der Waals surface area contributed by atoms with Crippen LogP contribution in [0.15, 0.2) is 42.7 Å². The molecule has 2 amide bonds. The first-order valence-electron chi connectivity index (χ1n) is 8.01. The molecule has 1 saturated carbocycles. The molecule has 0 unspecified atom stereocenters. The van der Waals surface area contributed by atoms with Crippen LogP contribution in [0.4, 0.5) is 10.5 Å². The number of hydrogen-bond acceptors (Lipinski definition) is 3. The van der Waals surface area contributed by atoms with Crippen molar-refractivity contribution in [3.8, 4) is 0 Å². The van der Waals surface area contributed by atoms with E-state index in [9.17, 15) is 9.90 Å². The summed E-state index contributed by atoms with van der Waals surface area (Å²) < 4.78 is 1.84. The van der Waals surface area contributed by atoms with Gasteiger partial charge in [-0.25, -0.2) is 4.79 Å².